The summed E-state index contributed by atoms with van der Waals surface area (Å²) >= 11 is 1.30. The number of sulfonamides is 1. The van der Waals surface area contributed by atoms with Crippen molar-refractivity contribution in [3.8, 4) is 10.9 Å². The van der Waals surface area contributed by atoms with Crippen LogP contribution in [0.5, 0.6) is 5.75 Å². The number of rotatable bonds is 7. The van der Waals surface area contributed by atoms with Crippen LogP contribution in [0.15, 0.2) is 47.4 Å². The number of hydrogen-bond acceptors (Lipinski definition) is 10. The van der Waals surface area contributed by atoms with E-state index in [-0.39, 0.29) is 23.4 Å². The first-order chi connectivity index (χ1) is 14.7. The highest BCUT2D eigenvalue weighted by molar-refractivity contribution is 7.89. The van der Waals surface area contributed by atoms with E-state index >= 15 is 0 Å². The van der Waals surface area contributed by atoms with Crippen LogP contribution in [0.4, 0.5) is 17.6 Å². The molecule has 0 spiro atoms. The van der Waals surface area contributed by atoms with E-state index in [4.69, 9.17) is 21.3 Å². The van der Waals surface area contributed by atoms with Gasteiger partial charge in [-0.25, -0.2) is 18.5 Å². The van der Waals surface area contributed by atoms with Gasteiger partial charge in [-0.3, -0.25) is 4.79 Å². The van der Waals surface area contributed by atoms with Crippen molar-refractivity contribution in [2.24, 2.45) is 10.9 Å². The van der Waals surface area contributed by atoms with E-state index in [1.165, 1.54) is 40.3 Å². The van der Waals surface area contributed by atoms with Crippen LogP contribution in [0.1, 0.15) is 0 Å². The van der Waals surface area contributed by atoms with Crippen molar-refractivity contribution in [3.63, 3.8) is 0 Å². The Balaban J connectivity index is 1.57. The summed E-state index contributed by atoms with van der Waals surface area (Å²) in [7, 11) is -3.78. The average molecular weight is 461 g/mol. The Morgan fingerprint density at radius 3 is 2.58 bits per heavy atom. The average Bonchev–Trinajstić information content (AvgIpc) is 3.28. The molecule has 4 rings (SSSR count). The molecule has 1 amide bonds. The minimum absolute atomic E-state index is 0.00953. The van der Waals surface area contributed by atoms with Gasteiger partial charge in [-0.1, -0.05) is 11.3 Å². The number of nitrogens with one attached hydrogen (secondary N) is 1. The Hall–Kier alpha value is -3.75. The van der Waals surface area contributed by atoms with Gasteiger partial charge in [0.2, 0.25) is 27.1 Å². The molecule has 0 aliphatic carbocycles. The van der Waals surface area contributed by atoms with Crippen molar-refractivity contribution < 1.29 is 17.9 Å². The maximum Gasteiger partial charge on any atom is 0.255 e. The van der Waals surface area contributed by atoms with Gasteiger partial charge >= 0.3 is 0 Å². The second kappa shape index (κ2) is 7.82. The molecule has 0 aliphatic rings. The molecular weight excluding hydrogens is 444 g/mol. The van der Waals surface area contributed by atoms with Crippen LogP contribution in [-0.4, -0.2) is 40.7 Å². The molecule has 0 radical (unpaired) electrons. The van der Waals surface area contributed by atoms with Crippen LogP contribution in [0.3, 0.4) is 0 Å². The van der Waals surface area contributed by atoms with Crippen molar-refractivity contribution in [3.05, 3.63) is 42.5 Å². The van der Waals surface area contributed by atoms with E-state index in [2.05, 4.69) is 20.4 Å². The van der Waals surface area contributed by atoms with Gasteiger partial charge in [-0.15, -0.1) is 5.10 Å². The quantitative estimate of drug-likeness (QED) is 0.307. The zero-order chi connectivity index (χ0) is 22.2. The molecule has 0 fully saturated rings. The molecule has 0 aliphatic heterocycles. The lowest BCUT2D eigenvalue weighted by molar-refractivity contribution is -0.119. The lowest BCUT2D eigenvalue weighted by Gasteiger charge is -2.02. The van der Waals surface area contributed by atoms with Crippen molar-refractivity contribution in [2.45, 2.75) is 4.90 Å². The van der Waals surface area contributed by atoms with Gasteiger partial charge in [0.1, 0.15) is 5.75 Å². The molecule has 31 heavy (non-hydrogen) atoms. The number of nitrogen functional groups attached to an aromatic ring is 1. The summed E-state index contributed by atoms with van der Waals surface area (Å²) in [6, 6.07) is 10.9. The van der Waals surface area contributed by atoms with Crippen LogP contribution in [0, 0.1) is 0 Å². The molecule has 0 saturated heterocycles. The molecule has 160 valence electrons. The van der Waals surface area contributed by atoms with Crippen molar-refractivity contribution >= 4 is 55.1 Å². The van der Waals surface area contributed by atoms with E-state index in [1.54, 1.807) is 18.2 Å². The fourth-order valence-corrected chi connectivity index (χ4v) is 4.07. The van der Waals surface area contributed by atoms with Crippen LogP contribution >= 0.6 is 11.3 Å². The maximum atomic E-state index is 11.3. The molecule has 12 nitrogen and oxygen atoms in total. The third-order valence-electron chi connectivity index (χ3n) is 3.98. The molecule has 0 unspecified atom stereocenters. The topological polar surface area (TPSA) is 194 Å². The zero-order valence-corrected chi connectivity index (χ0v) is 17.4. The summed E-state index contributed by atoms with van der Waals surface area (Å²) in [6.45, 7) is -0.222. The summed E-state index contributed by atoms with van der Waals surface area (Å²) in [4.78, 5) is 19.5. The fourth-order valence-electron chi connectivity index (χ4n) is 2.60. The number of fused-ring (bicyclic) bond motifs is 1. The number of benzene rings is 2. The van der Waals surface area contributed by atoms with E-state index < -0.39 is 15.9 Å². The minimum atomic E-state index is -3.78. The first-order valence-electron chi connectivity index (χ1n) is 8.63. The van der Waals surface area contributed by atoms with E-state index in [1.807, 2.05) is 0 Å². The third-order valence-corrected chi connectivity index (χ3v) is 5.90. The summed E-state index contributed by atoms with van der Waals surface area (Å²) < 4.78 is 30.2. The molecule has 4 aromatic rings. The second-order valence-corrected chi connectivity index (χ2v) is 8.85. The Kier molecular flexibility index (Phi) is 5.18. The molecule has 0 atom stereocenters. The van der Waals surface area contributed by atoms with E-state index in [0.717, 1.165) is 4.70 Å². The Bertz CT molecular complexity index is 1380. The first kappa shape index (κ1) is 20.5. The number of nitrogens with zero attached hydrogens (tertiary/aromatic N) is 4. The Labute approximate surface area is 179 Å². The van der Waals surface area contributed by atoms with Gasteiger partial charge in [0.05, 0.1) is 15.1 Å². The second-order valence-electron chi connectivity index (χ2n) is 6.28. The highest BCUT2D eigenvalue weighted by Gasteiger charge is 2.14. The molecule has 0 bridgehead atoms. The fraction of sp³-hybridized carbons (Fsp3) is 0.0588. The normalized spacial score (nSPS) is 11.5. The number of ether oxygens (including phenoxy) is 1. The standard InChI is InChI=1S/C17H16N8O4S2/c18-14(26)8-29-10-3-6-12-13(7-10)30-17(22-12)25-15(19)23-16(24-25)21-9-1-4-11(5-2-9)31(20,27)28/h1-7H,8H2,(H2,18,26)(H2,20,27,28)(H3,19,21,23,24). The molecular formula is C17H16N8O4S2. The van der Waals surface area contributed by atoms with Crippen LogP contribution in [-0.2, 0) is 14.8 Å². The van der Waals surface area contributed by atoms with Crippen LogP contribution in [0.25, 0.3) is 15.3 Å². The SMILES string of the molecule is NC(=O)COc1ccc2nc(-n3nc(Nc4ccc(S(N)(=O)=O)cc4)nc3N)sc2c1. The van der Waals surface area contributed by atoms with Crippen LogP contribution in [0.2, 0.25) is 0 Å². The number of amides is 1. The zero-order valence-electron chi connectivity index (χ0n) is 15.7. The third kappa shape index (κ3) is 4.55. The molecule has 2 heterocycles. The summed E-state index contributed by atoms with van der Waals surface area (Å²) in [5, 5.41) is 12.8. The molecule has 14 heteroatoms. The number of carbonyl (C=O) groups excluding carboxylic acids is 1. The minimum Gasteiger partial charge on any atom is -0.484 e. The summed E-state index contributed by atoms with van der Waals surface area (Å²) in [5.41, 5.74) is 12.3. The van der Waals surface area contributed by atoms with Crippen molar-refractivity contribution in [1.29, 1.82) is 0 Å². The van der Waals surface area contributed by atoms with Crippen molar-refractivity contribution in [1.82, 2.24) is 19.7 Å². The lowest BCUT2D eigenvalue weighted by atomic mass is 10.3. The molecule has 2 aromatic carbocycles. The van der Waals surface area contributed by atoms with Gasteiger partial charge in [-0.05, 0) is 42.5 Å². The maximum absolute atomic E-state index is 11.3. The highest BCUT2D eigenvalue weighted by atomic mass is 32.2. The Morgan fingerprint density at radius 2 is 1.90 bits per heavy atom. The number of carbonyl (C=O) groups is 1. The van der Waals surface area contributed by atoms with Crippen LogP contribution < -0.4 is 26.7 Å². The number of primary sulfonamides is 1. The number of nitrogens with two attached hydrogens (primary N) is 3. The number of aromatic nitrogens is 4. The molecule has 7 N–H and O–H groups in total. The smallest absolute Gasteiger partial charge is 0.255 e. The summed E-state index contributed by atoms with van der Waals surface area (Å²) in [5.74, 6) is 0.219. The summed E-state index contributed by atoms with van der Waals surface area (Å²) in [6.07, 6.45) is 0. The Morgan fingerprint density at radius 1 is 1.16 bits per heavy atom. The van der Waals surface area contributed by atoms with Gasteiger partial charge in [0.25, 0.3) is 5.91 Å². The number of primary amides is 1. The number of hydrogen-bond donors (Lipinski definition) is 4. The lowest BCUT2D eigenvalue weighted by Crippen LogP contribution is -2.19. The molecule has 0 saturated carbocycles. The van der Waals surface area contributed by atoms with Gasteiger partial charge in [-0.2, -0.15) is 9.67 Å². The van der Waals surface area contributed by atoms with E-state index in [9.17, 15) is 13.2 Å². The molecule has 2 aromatic heterocycles. The monoisotopic (exact) mass is 460 g/mol. The van der Waals surface area contributed by atoms with Crippen molar-refractivity contribution in [2.75, 3.05) is 17.7 Å². The predicted octanol–water partition coefficient (Wildman–Crippen LogP) is 0.714. The number of thiazole rings is 1. The number of anilines is 3. The van der Waals surface area contributed by atoms with Gasteiger partial charge in [0, 0.05) is 5.69 Å². The largest absolute Gasteiger partial charge is 0.484 e. The highest BCUT2D eigenvalue weighted by Crippen LogP contribution is 2.29. The first-order valence-corrected chi connectivity index (χ1v) is 11.0. The van der Waals surface area contributed by atoms with Gasteiger partial charge in [0.15, 0.2) is 6.61 Å². The predicted molar refractivity (Wildman–Crippen MR) is 115 cm³/mol. The van der Waals surface area contributed by atoms with Gasteiger partial charge < -0.3 is 21.5 Å². The van der Waals surface area contributed by atoms with E-state index in [0.29, 0.717) is 22.1 Å².